The number of carbonyl (C=O) groups excluding carboxylic acids is 1. The van der Waals surface area contributed by atoms with Gasteiger partial charge in [0.15, 0.2) is 0 Å². The molecule has 0 aromatic heterocycles. The standard InChI is InChI=1S/C13H8BrF4NO/c14-10-5-4-7(6-11(10)15)19-12(20)8-2-1-3-9(8)13(16,17)18/h1-6,9H,(H,19,20). The quantitative estimate of drug-likeness (QED) is 0.796. The van der Waals surface area contributed by atoms with E-state index in [2.05, 4.69) is 21.2 Å². The summed E-state index contributed by atoms with van der Waals surface area (Å²) in [6, 6.07) is 3.76. The van der Waals surface area contributed by atoms with Crippen molar-refractivity contribution in [1.82, 2.24) is 0 Å². The van der Waals surface area contributed by atoms with E-state index in [0.29, 0.717) is 0 Å². The molecule has 0 bridgehead atoms. The van der Waals surface area contributed by atoms with Crippen LogP contribution in [-0.4, -0.2) is 12.1 Å². The summed E-state index contributed by atoms with van der Waals surface area (Å²) < 4.78 is 51.5. The second-order valence-electron chi connectivity index (χ2n) is 4.11. The van der Waals surface area contributed by atoms with E-state index in [0.717, 1.165) is 18.2 Å². The maximum absolute atomic E-state index is 13.3. The molecule has 2 nitrogen and oxygen atoms in total. The zero-order valence-corrected chi connectivity index (χ0v) is 11.4. The fraction of sp³-hybridized carbons (Fsp3) is 0.154. The number of carbonyl (C=O) groups is 1. The van der Waals surface area contributed by atoms with Crippen LogP contribution in [0.5, 0.6) is 0 Å². The van der Waals surface area contributed by atoms with Crippen molar-refractivity contribution in [3.63, 3.8) is 0 Å². The van der Waals surface area contributed by atoms with Gasteiger partial charge >= 0.3 is 6.18 Å². The fourth-order valence-corrected chi connectivity index (χ4v) is 2.00. The normalized spacial score (nSPS) is 18.1. The maximum atomic E-state index is 13.3. The van der Waals surface area contributed by atoms with E-state index >= 15 is 0 Å². The van der Waals surface area contributed by atoms with Crippen LogP contribution in [0, 0.1) is 11.7 Å². The molecule has 7 heteroatoms. The van der Waals surface area contributed by atoms with Gasteiger partial charge in [-0.1, -0.05) is 18.2 Å². The topological polar surface area (TPSA) is 29.1 Å². The van der Waals surface area contributed by atoms with Crippen molar-refractivity contribution in [1.29, 1.82) is 0 Å². The lowest BCUT2D eigenvalue weighted by molar-refractivity contribution is -0.153. The number of allylic oxidation sites excluding steroid dienone is 3. The van der Waals surface area contributed by atoms with Gasteiger partial charge in [0.1, 0.15) is 11.7 Å². The summed E-state index contributed by atoms with van der Waals surface area (Å²) in [5.74, 6) is -3.45. The first kappa shape index (κ1) is 14.8. The Balaban J connectivity index is 2.15. The molecule has 1 unspecified atom stereocenters. The van der Waals surface area contributed by atoms with E-state index < -0.39 is 29.4 Å². The Morgan fingerprint density at radius 3 is 2.60 bits per heavy atom. The first-order valence-corrected chi connectivity index (χ1v) is 6.30. The zero-order chi connectivity index (χ0) is 14.9. The van der Waals surface area contributed by atoms with E-state index in [-0.39, 0.29) is 10.2 Å². The van der Waals surface area contributed by atoms with Crippen molar-refractivity contribution in [3.05, 3.63) is 52.3 Å². The highest BCUT2D eigenvalue weighted by Gasteiger charge is 2.43. The minimum absolute atomic E-state index is 0.0874. The molecule has 1 aromatic rings. The molecule has 1 aliphatic rings. The Kier molecular flexibility index (Phi) is 3.99. The lowest BCUT2D eigenvalue weighted by Crippen LogP contribution is -2.28. The molecule has 0 radical (unpaired) electrons. The number of hydrogen-bond acceptors (Lipinski definition) is 1. The summed E-state index contributed by atoms with van der Waals surface area (Å²) in [5.41, 5.74) is -0.328. The minimum atomic E-state index is -4.53. The largest absolute Gasteiger partial charge is 0.399 e. The fourth-order valence-electron chi connectivity index (χ4n) is 1.76. The molecule has 1 aliphatic carbocycles. The van der Waals surface area contributed by atoms with Crippen LogP contribution < -0.4 is 5.32 Å². The van der Waals surface area contributed by atoms with Crippen molar-refractivity contribution in [3.8, 4) is 0 Å². The Morgan fingerprint density at radius 2 is 2.00 bits per heavy atom. The number of benzene rings is 1. The van der Waals surface area contributed by atoms with E-state index in [1.165, 1.54) is 18.2 Å². The number of nitrogens with one attached hydrogen (secondary N) is 1. The van der Waals surface area contributed by atoms with Crippen molar-refractivity contribution in [2.24, 2.45) is 5.92 Å². The van der Waals surface area contributed by atoms with Crippen molar-refractivity contribution in [2.45, 2.75) is 6.18 Å². The van der Waals surface area contributed by atoms with Gasteiger partial charge in [0.05, 0.1) is 4.47 Å². The van der Waals surface area contributed by atoms with Crippen LogP contribution in [0.1, 0.15) is 0 Å². The van der Waals surface area contributed by atoms with Crippen molar-refractivity contribution < 1.29 is 22.4 Å². The van der Waals surface area contributed by atoms with Crippen LogP contribution in [0.15, 0.2) is 46.5 Å². The number of alkyl halides is 3. The average Bonchev–Trinajstić information content (AvgIpc) is 2.83. The zero-order valence-electron chi connectivity index (χ0n) is 9.84. The van der Waals surface area contributed by atoms with E-state index in [4.69, 9.17) is 0 Å². The van der Waals surface area contributed by atoms with Crippen LogP contribution in [-0.2, 0) is 4.79 Å². The SMILES string of the molecule is O=C(Nc1ccc(Br)c(F)c1)C1=CC=CC1C(F)(F)F. The number of amides is 1. The third-order valence-corrected chi connectivity index (χ3v) is 3.35. The Bertz CT molecular complexity index is 607. The monoisotopic (exact) mass is 349 g/mol. The highest BCUT2D eigenvalue weighted by molar-refractivity contribution is 9.10. The number of halogens is 5. The van der Waals surface area contributed by atoms with Gasteiger partial charge < -0.3 is 5.32 Å². The molecule has 0 fully saturated rings. The highest BCUT2D eigenvalue weighted by Crippen LogP contribution is 2.36. The number of anilines is 1. The molecule has 20 heavy (non-hydrogen) atoms. The van der Waals surface area contributed by atoms with E-state index in [1.54, 1.807) is 0 Å². The minimum Gasteiger partial charge on any atom is -0.322 e. The molecule has 0 saturated carbocycles. The third kappa shape index (κ3) is 3.09. The molecule has 1 atom stereocenters. The lowest BCUT2D eigenvalue weighted by atomic mass is 10.0. The molecule has 0 saturated heterocycles. The summed E-state index contributed by atoms with van der Waals surface area (Å²) in [6.45, 7) is 0. The Hall–Kier alpha value is -1.63. The van der Waals surface area contributed by atoms with Gasteiger partial charge in [0, 0.05) is 11.3 Å². The second-order valence-corrected chi connectivity index (χ2v) is 4.96. The Morgan fingerprint density at radius 1 is 1.30 bits per heavy atom. The van der Waals surface area contributed by atoms with Crippen LogP contribution in [0.3, 0.4) is 0 Å². The molecule has 0 spiro atoms. The van der Waals surface area contributed by atoms with Gasteiger partial charge in [0.25, 0.3) is 5.91 Å². The summed E-state index contributed by atoms with van der Waals surface area (Å²) >= 11 is 2.94. The predicted molar refractivity (Wildman–Crippen MR) is 69.5 cm³/mol. The molecule has 1 amide bonds. The first-order chi connectivity index (χ1) is 9.29. The summed E-state index contributed by atoms with van der Waals surface area (Å²) in [5, 5.41) is 2.25. The van der Waals surface area contributed by atoms with Crippen LogP contribution in [0.25, 0.3) is 0 Å². The molecule has 106 valence electrons. The van der Waals surface area contributed by atoms with Gasteiger partial charge in [0.2, 0.25) is 0 Å². The second kappa shape index (κ2) is 5.40. The smallest absolute Gasteiger partial charge is 0.322 e. The van der Waals surface area contributed by atoms with Crippen molar-refractivity contribution in [2.75, 3.05) is 5.32 Å². The molecular formula is C13H8BrF4NO. The molecule has 2 rings (SSSR count). The Labute approximate surface area is 120 Å². The molecule has 0 aliphatic heterocycles. The van der Waals surface area contributed by atoms with Crippen LogP contribution in [0.2, 0.25) is 0 Å². The molecule has 0 heterocycles. The number of rotatable bonds is 2. The van der Waals surface area contributed by atoms with E-state index in [9.17, 15) is 22.4 Å². The van der Waals surface area contributed by atoms with Gasteiger partial charge in [-0.15, -0.1) is 0 Å². The highest BCUT2D eigenvalue weighted by atomic mass is 79.9. The summed E-state index contributed by atoms with van der Waals surface area (Å²) in [4.78, 5) is 11.8. The predicted octanol–water partition coefficient (Wildman–Crippen LogP) is 4.20. The van der Waals surface area contributed by atoms with E-state index in [1.807, 2.05) is 0 Å². The van der Waals surface area contributed by atoms with Crippen LogP contribution >= 0.6 is 15.9 Å². The molecule has 1 aromatic carbocycles. The van der Waals surface area contributed by atoms with Gasteiger partial charge in [-0.2, -0.15) is 13.2 Å². The van der Waals surface area contributed by atoms with Crippen molar-refractivity contribution >= 4 is 27.5 Å². The van der Waals surface area contributed by atoms with Gasteiger partial charge in [-0.25, -0.2) is 4.39 Å². The van der Waals surface area contributed by atoms with Gasteiger partial charge in [-0.05, 0) is 34.1 Å². The van der Waals surface area contributed by atoms with Gasteiger partial charge in [-0.3, -0.25) is 4.79 Å². The maximum Gasteiger partial charge on any atom is 0.399 e. The first-order valence-electron chi connectivity index (χ1n) is 5.50. The third-order valence-electron chi connectivity index (χ3n) is 2.71. The molecule has 1 N–H and O–H groups in total. The average molecular weight is 350 g/mol. The lowest BCUT2D eigenvalue weighted by Gasteiger charge is -2.17. The summed E-state index contributed by atoms with van der Waals surface area (Å²) in [6.07, 6.45) is -1.35. The summed E-state index contributed by atoms with van der Waals surface area (Å²) in [7, 11) is 0. The number of hydrogen-bond donors (Lipinski definition) is 1. The molecular weight excluding hydrogens is 342 g/mol. The van der Waals surface area contributed by atoms with Crippen LogP contribution in [0.4, 0.5) is 23.2 Å².